The van der Waals surface area contributed by atoms with Crippen molar-refractivity contribution in [3.05, 3.63) is 88.9 Å². The number of carbonyl (C=O) groups is 4. The standard InChI is InChI=1S/C26H24N2O7/c1-3-33-22-11-10-17(14-28-24(30)19-8-4-5-9-20(19)25(28)31)13-21(22)26(32)35-16-23(29)27(2)15-18-7-6-12-34-18/h4-13H,3,14-16H2,1-2H3. The van der Waals surface area contributed by atoms with Crippen LogP contribution in [-0.4, -0.2) is 53.8 Å². The summed E-state index contributed by atoms with van der Waals surface area (Å²) in [5, 5.41) is 0. The topological polar surface area (TPSA) is 106 Å². The van der Waals surface area contributed by atoms with Crippen LogP contribution in [0, 0.1) is 0 Å². The lowest BCUT2D eigenvalue weighted by Gasteiger charge is -2.17. The Labute approximate surface area is 201 Å². The van der Waals surface area contributed by atoms with Gasteiger partial charge in [-0.1, -0.05) is 18.2 Å². The van der Waals surface area contributed by atoms with E-state index in [4.69, 9.17) is 13.9 Å². The molecule has 0 bridgehead atoms. The zero-order chi connectivity index (χ0) is 24.9. The minimum Gasteiger partial charge on any atom is -0.493 e. The Morgan fingerprint density at radius 2 is 1.71 bits per heavy atom. The summed E-state index contributed by atoms with van der Waals surface area (Å²) in [6.45, 7) is 1.83. The number of amides is 3. The van der Waals surface area contributed by atoms with Crippen LogP contribution in [0.15, 0.2) is 65.3 Å². The van der Waals surface area contributed by atoms with Gasteiger partial charge in [-0.05, 0) is 48.9 Å². The maximum absolute atomic E-state index is 12.8. The van der Waals surface area contributed by atoms with E-state index < -0.39 is 30.3 Å². The number of fused-ring (bicyclic) bond motifs is 1. The molecule has 1 aromatic heterocycles. The van der Waals surface area contributed by atoms with Crippen LogP contribution in [0.1, 0.15) is 49.3 Å². The van der Waals surface area contributed by atoms with Crippen molar-refractivity contribution in [2.75, 3.05) is 20.3 Å². The quantitative estimate of drug-likeness (QED) is 0.345. The third-order valence-corrected chi connectivity index (χ3v) is 5.51. The predicted octanol–water partition coefficient (Wildman–Crippen LogP) is 3.29. The average Bonchev–Trinajstić information content (AvgIpc) is 3.46. The van der Waals surface area contributed by atoms with Crippen molar-refractivity contribution in [1.29, 1.82) is 0 Å². The number of esters is 1. The van der Waals surface area contributed by atoms with Gasteiger partial charge < -0.3 is 18.8 Å². The van der Waals surface area contributed by atoms with Crippen molar-refractivity contribution in [3.8, 4) is 5.75 Å². The Balaban J connectivity index is 1.46. The number of ether oxygens (including phenoxy) is 2. The summed E-state index contributed by atoms with van der Waals surface area (Å²) in [6, 6.07) is 14.8. The molecular formula is C26H24N2O7. The van der Waals surface area contributed by atoms with Crippen molar-refractivity contribution in [2.45, 2.75) is 20.0 Å². The first-order valence-corrected chi connectivity index (χ1v) is 11.0. The Morgan fingerprint density at radius 3 is 2.34 bits per heavy atom. The number of hydrogen-bond acceptors (Lipinski definition) is 7. The zero-order valence-corrected chi connectivity index (χ0v) is 19.4. The molecule has 0 spiro atoms. The first kappa shape index (κ1) is 23.7. The minimum absolute atomic E-state index is 0.0240. The highest BCUT2D eigenvalue weighted by Gasteiger charge is 2.35. The van der Waals surface area contributed by atoms with Crippen LogP contribution in [-0.2, 0) is 22.6 Å². The monoisotopic (exact) mass is 476 g/mol. The van der Waals surface area contributed by atoms with Gasteiger partial charge in [-0.3, -0.25) is 19.3 Å². The number of imide groups is 1. The first-order valence-electron chi connectivity index (χ1n) is 11.0. The van der Waals surface area contributed by atoms with E-state index in [-0.39, 0.29) is 24.4 Å². The van der Waals surface area contributed by atoms with Gasteiger partial charge in [-0.25, -0.2) is 4.79 Å². The molecule has 2 aromatic carbocycles. The molecule has 1 aliphatic heterocycles. The van der Waals surface area contributed by atoms with Gasteiger partial charge in [-0.2, -0.15) is 0 Å². The number of furan rings is 1. The van der Waals surface area contributed by atoms with Crippen LogP contribution in [0.5, 0.6) is 5.75 Å². The Kier molecular flexibility index (Phi) is 6.96. The summed E-state index contributed by atoms with van der Waals surface area (Å²) in [6.07, 6.45) is 1.51. The van der Waals surface area contributed by atoms with Gasteiger partial charge in [0.15, 0.2) is 6.61 Å². The third-order valence-electron chi connectivity index (χ3n) is 5.51. The van der Waals surface area contributed by atoms with Crippen molar-refractivity contribution in [3.63, 3.8) is 0 Å². The Bertz CT molecular complexity index is 1230. The number of hydrogen-bond donors (Lipinski definition) is 0. The molecule has 0 N–H and O–H groups in total. The van der Waals surface area contributed by atoms with Gasteiger partial charge in [0, 0.05) is 7.05 Å². The Morgan fingerprint density at radius 1 is 1.00 bits per heavy atom. The molecule has 0 radical (unpaired) electrons. The van der Waals surface area contributed by atoms with Crippen molar-refractivity contribution < 1.29 is 33.1 Å². The summed E-state index contributed by atoms with van der Waals surface area (Å²) in [5.41, 5.74) is 1.33. The molecule has 0 saturated heterocycles. The number of nitrogens with zero attached hydrogens (tertiary/aromatic N) is 2. The Hall–Kier alpha value is -4.40. The van der Waals surface area contributed by atoms with Gasteiger partial charge >= 0.3 is 5.97 Å². The highest BCUT2D eigenvalue weighted by molar-refractivity contribution is 6.21. The van der Waals surface area contributed by atoms with E-state index in [9.17, 15) is 19.2 Å². The number of carbonyl (C=O) groups excluding carboxylic acids is 4. The van der Waals surface area contributed by atoms with E-state index in [0.717, 1.165) is 4.90 Å². The zero-order valence-electron chi connectivity index (χ0n) is 19.4. The van der Waals surface area contributed by atoms with Crippen LogP contribution in [0.3, 0.4) is 0 Å². The SMILES string of the molecule is CCOc1ccc(CN2C(=O)c3ccccc3C2=O)cc1C(=O)OCC(=O)N(C)Cc1ccco1. The normalized spacial score (nSPS) is 12.5. The van der Waals surface area contributed by atoms with Crippen LogP contribution >= 0.6 is 0 Å². The third kappa shape index (κ3) is 5.08. The molecule has 2 heterocycles. The van der Waals surface area contributed by atoms with Gasteiger partial charge in [0.05, 0.1) is 37.1 Å². The van der Waals surface area contributed by atoms with Crippen LogP contribution in [0.25, 0.3) is 0 Å². The van der Waals surface area contributed by atoms with E-state index in [1.54, 1.807) is 62.5 Å². The van der Waals surface area contributed by atoms with Gasteiger partial charge in [0.2, 0.25) is 0 Å². The summed E-state index contributed by atoms with van der Waals surface area (Å²) in [4.78, 5) is 53.1. The highest BCUT2D eigenvalue weighted by Crippen LogP contribution is 2.27. The van der Waals surface area contributed by atoms with E-state index in [1.807, 2.05) is 0 Å². The van der Waals surface area contributed by atoms with Crippen molar-refractivity contribution >= 4 is 23.7 Å². The molecule has 0 saturated carbocycles. The fourth-order valence-corrected chi connectivity index (χ4v) is 3.72. The maximum Gasteiger partial charge on any atom is 0.342 e. The van der Waals surface area contributed by atoms with Gasteiger partial charge in [-0.15, -0.1) is 0 Å². The summed E-state index contributed by atoms with van der Waals surface area (Å²) < 4.78 is 16.0. The largest absolute Gasteiger partial charge is 0.493 e. The molecule has 0 fully saturated rings. The number of benzene rings is 2. The molecule has 0 unspecified atom stereocenters. The molecule has 1 aliphatic rings. The lowest BCUT2D eigenvalue weighted by atomic mass is 10.1. The van der Waals surface area contributed by atoms with Gasteiger partial charge in [0.25, 0.3) is 17.7 Å². The molecule has 35 heavy (non-hydrogen) atoms. The second kappa shape index (κ2) is 10.3. The van der Waals surface area contributed by atoms with Gasteiger partial charge in [0.1, 0.15) is 17.1 Å². The molecule has 0 aliphatic carbocycles. The van der Waals surface area contributed by atoms with E-state index in [2.05, 4.69) is 0 Å². The van der Waals surface area contributed by atoms with E-state index in [1.165, 1.54) is 17.2 Å². The lowest BCUT2D eigenvalue weighted by molar-refractivity contribution is -0.134. The summed E-state index contributed by atoms with van der Waals surface area (Å²) in [5.74, 6) is -1.07. The molecule has 4 rings (SSSR count). The second-order valence-electron chi connectivity index (χ2n) is 7.91. The average molecular weight is 476 g/mol. The number of rotatable bonds is 9. The van der Waals surface area contributed by atoms with E-state index in [0.29, 0.717) is 29.1 Å². The second-order valence-corrected chi connectivity index (χ2v) is 7.91. The van der Waals surface area contributed by atoms with Crippen molar-refractivity contribution in [1.82, 2.24) is 9.80 Å². The molecule has 3 aromatic rings. The summed E-state index contributed by atoms with van der Waals surface area (Å²) >= 11 is 0. The fraction of sp³-hybridized carbons (Fsp3) is 0.231. The molecule has 180 valence electrons. The van der Waals surface area contributed by atoms with E-state index >= 15 is 0 Å². The van der Waals surface area contributed by atoms with Crippen LogP contribution < -0.4 is 4.74 Å². The summed E-state index contributed by atoms with van der Waals surface area (Å²) in [7, 11) is 1.58. The fourth-order valence-electron chi connectivity index (χ4n) is 3.72. The van der Waals surface area contributed by atoms with Crippen molar-refractivity contribution in [2.24, 2.45) is 0 Å². The molecule has 9 heteroatoms. The molecule has 0 atom stereocenters. The minimum atomic E-state index is -0.752. The molecule has 9 nitrogen and oxygen atoms in total. The highest BCUT2D eigenvalue weighted by atomic mass is 16.5. The first-order chi connectivity index (χ1) is 16.9. The molecular weight excluding hydrogens is 452 g/mol. The van der Waals surface area contributed by atoms with Crippen LogP contribution in [0.2, 0.25) is 0 Å². The lowest BCUT2D eigenvalue weighted by Crippen LogP contribution is -2.31. The smallest absolute Gasteiger partial charge is 0.342 e. The maximum atomic E-state index is 12.8. The van der Waals surface area contributed by atoms with Crippen LogP contribution in [0.4, 0.5) is 0 Å². The molecule has 3 amide bonds. The number of likely N-dealkylation sites (N-methyl/N-ethyl adjacent to an activating group) is 1. The predicted molar refractivity (Wildman–Crippen MR) is 124 cm³/mol.